The van der Waals surface area contributed by atoms with Gasteiger partial charge in [-0.2, -0.15) is 5.10 Å². The van der Waals surface area contributed by atoms with Gasteiger partial charge >= 0.3 is 0 Å². The fourth-order valence-electron chi connectivity index (χ4n) is 2.72. The summed E-state index contributed by atoms with van der Waals surface area (Å²) < 4.78 is 1.75. The number of nitrogens with zero attached hydrogens (tertiary/aromatic N) is 4. The van der Waals surface area contributed by atoms with E-state index in [4.69, 9.17) is 0 Å². The number of guanidine groups is 1. The van der Waals surface area contributed by atoms with Crippen LogP contribution in [-0.2, 0) is 19.0 Å². The molecule has 1 aromatic carbocycles. The lowest BCUT2D eigenvalue weighted by Crippen LogP contribution is -2.41. The van der Waals surface area contributed by atoms with Crippen molar-refractivity contribution in [2.45, 2.75) is 31.7 Å². The van der Waals surface area contributed by atoms with Crippen LogP contribution in [0, 0.1) is 0 Å². The number of rotatable bonds is 6. The van der Waals surface area contributed by atoms with E-state index in [1.54, 1.807) is 11.0 Å². The normalized spacial score (nSPS) is 16.2. The van der Waals surface area contributed by atoms with Gasteiger partial charge in [0.25, 0.3) is 0 Å². The summed E-state index contributed by atoms with van der Waals surface area (Å²) in [5.41, 5.74) is 1.68. The van der Waals surface area contributed by atoms with Gasteiger partial charge in [0, 0.05) is 25.6 Å². The molecule has 1 heterocycles. The highest BCUT2D eigenvalue weighted by atomic mass is 15.3. The molecule has 0 aliphatic heterocycles. The molecule has 122 valence electrons. The van der Waals surface area contributed by atoms with E-state index in [0.29, 0.717) is 6.54 Å². The Hall–Kier alpha value is -2.37. The van der Waals surface area contributed by atoms with E-state index in [-0.39, 0.29) is 5.41 Å². The Balaban J connectivity index is 1.63. The first kappa shape index (κ1) is 15.5. The fraction of sp³-hybridized carbons (Fsp3) is 0.471. The fourth-order valence-corrected chi connectivity index (χ4v) is 2.72. The molecule has 1 aliphatic rings. The van der Waals surface area contributed by atoms with Gasteiger partial charge in [-0.25, -0.2) is 9.98 Å². The monoisotopic (exact) mass is 312 g/mol. The summed E-state index contributed by atoms with van der Waals surface area (Å²) in [6.07, 6.45) is 4.01. The van der Waals surface area contributed by atoms with Gasteiger partial charge in [-0.1, -0.05) is 30.3 Å². The third-order valence-electron chi connectivity index (χ3n) is 4.36. The number of benzene rings is 1. The van der Waals surface area contributed by atoms with Crippen LogP contribution >= 0.6 is 0 Å². The third kappa shape index (κ3) is 3.70. The lowest BCUT2D eigenvalue weighted by atomic mass is 9.96. The molecule has 6 nitrogen and oxygen atoms in total. The van der Waals surface area contributed by atoms with Crippen molar-refractivity contribution in [3.63, 3.8) is 0 Å². The minimum atomic E-state index is 0.266. The van der Waals surface area contributed by atoms with Crippen molar-refractivity contribution in [3.05, 3.63) is 48.0 Å². The van der Waals surface area contributed by atoms with Crippen LogP contribution in [-0.4, -0.2) is 33.8 Å². The predicted octanol–water partition coefficient (Wildman–Crippen LogP) is 1.60. The molecule has 6 heteroatoms. The maximum atomic E-state index is 4.61. The van der Waals surface area contributed by atoms with Crippen molar-refractivity contribution in [2.24, 2.45) is 12.0 Å². The van der Waals surface area contributed by atoms with Crippen LogP contribution in [0.5, 0.6) is 0 Å². The van der Waals surface area contributed by atoms with Gasteiger partial charge in [0.1, 0.15) is 18.7 Å². The molecule has 0 saturated heterocycles. The molecule has 3 rings (SSSR count). The zero-order chi connectivity index (χ0) is 16.1. The first-order valence-corrected chi connectivity index (χ1v) is 8.14. The standard InChI is InChI=1S/C17H24N6/c1-3-18-16(19-11-15-21-13-22-23(15)2)20-12-17(9-10-17)14-7-5-4-6-8-14/h4-8,13H,3,9-12H2,1-2H3,(H2,18,19,20). The van der Waals surface area contributed by atoms with Gasteiger partial charge in [0.2, 0.25) is 0 Å². The van der Waals surface area contributed by atoms with Crippen molar-refractivity contribution in [1.29, 1.82) is 0 Å². The average Bonchev–Trinajstić information content (AvgIpc) is 3.27. The summed E-state index contributed by atoms with van der Waals surface area (Å²) in [5.74, 6) is 1.68. The lowest BCUT2D eigenvalue weighted by molar-refractivity contribution is 0.643. The molecular weight excluding hydrogens is 288 g/mol. The van der Waals surface area contributed by atoms with Crippen molar-refractivity contribution in [1.82, 2.24) is 25.4 Å². The van der Waals surface area contributed by atoms with Gasteiger partial charge in [-0.05, 0) is 25.3 Å². The molecular formula is C17H24N6. The van der Waals surface area contributed by atoms with Crippen LogP contribution in [0.1, 0.15) is 31.2 Å². The quantitative estimate of drug-likeness (QED) is 0.628. The zero-order valence-corrected chi connectivity index (χ0v) is 13.8. The van der Waals surface area contributed by atoms with E-state index in [1.165, 1.54) is 18.4 Å². The zero-order valence-electron chi connectivity index (χ0n) is 13.8. The molecule has 0 spiro atoms. The highest BCUT2D eigenvalue weighted by Gasteiger charge is 2.43. The molecule has 1 aliphatic carbocycles. The van der Waals surface area contributed by atoms with Crippen LogP contribution in [0.3, 0.4) is 0 Å². The number of aryl methyl sites for hydroxylation is 1. The summed E-state index contributed by atoms with van der Waals surface area (Å²) in [4.78, 5) is 8.82. The second kappa shape index (κ2) is 6.81. The highest BCUT2D eigenvalue weighted by Crippen LogP contribution is 2.47. The van der Waals surface area contributed by atoms with Gasteiger partial charge < -0.3 is 10.6 Å². The molecule has 23 heavy (non-hydrogen) atoms. The SMILES string of the molecule is CCNC(=NCc1ncnn1C)NCC1(c2ccccc2)CC1. The van der Waals surface area contributed by atoms with Crippen LogP contribution in [0.15, 0.2) is 41.7 Å². The number of hydrogen-bond donors (Lipinski definition) is 2. The minimum Gasteiger partial charge on any atom is -0.357 e. The summed E-state index contributed by atoms with van der Waals surface area (Å²) >= 11 is 0. The van der Waals surface area contributed by atoms with E-state index >= 15 is 0 Å². The first-order chi connectivity index (χ1) is 11.2. The second-order valence-corrected chi connectivity index (χ2v) is 5.99. The maximum Gasteiger partial charge on any atom is 0.191 e. The van der Waals surface area contributed by atoms with Gasteiger partial charge in [-0.3, -0.25) is 4.68 Å². The van der Waals surface area contributed by atoms with Gasteiger partial charge in [0.05, 0.1) is 0 Å². The van der Waals surface area contributed by atoms with E-state index in [1.807, 2.05) is 7.05 Å². The van der Waals surface area contributed by atoms with E-state index < -0.39 is 0 Å². The first-order valence-electron chi connectivity index (χ1n) is 8.14. The Labute approximate surface area is 137 Å². The smallest absolute Gasteiger partial charge is 0.191 e. The number of hydrogen-bond acceptors (Lipinski definition) is 3. The Bertz CT molecular complexity index is 657. The number of aliphatic imine (C=N–C) groups is 1. The Morgan fingerprint density at radius 3 is 2.65 bits per heavy atom. The number of nitrogens with one attached hydrogen (secondary N) is 2. The van der Waals surface area contributed by atoms with E-state index in [9.17, 15) is 0 Å². The molecule has 1 saturated carbocycles. The molecule has 2 aromatic rings. The van der Waals surface area contributed by atoms with Crippen LogP contribution in [0.4, 0.5) is 0 Å². The van der Waals surface area contributed by atoms with Crippen molar-refractivity contribution in [2.75, 3.05) is 13.1 Å². The molecule has 0 radical (unpaired) electrons. The van der Waals surface area contributed by atoms with E-state index in [2.05, 4.69) is 63.0 Å². The summed E-state index contributed by atoms with van der Waals surface area (Å²) in [5, 5.41) is 10.9. The maximum absolute atomic E-state index is 4.61. The Kier molecular flexibility index (Phi) is 4.60. The minimum absolute atomic E-state index is 0.266. The topological polar surface area (TPSA) is 67.1 Å². The molecule has 2 N–H and O–H groups in total. The average molecular weight is 312 g/mol. The van der Waals surface area contributed by atoms with Crippen molar-refractivity contribution in [3.8, 4) is 0 Å². The van der Waals surface area contributed by atoms with Crippen LogP contribution < -0.4 is 10.6 Å². The van der Waals surface area contributed by atoms with Crippen LogP contribution in [0.25, 0.3) is 0 Å². The Morgan fingerprint density at radius 2 is 2.04 bits per heavy atom. The van der Waals surface area contributed by atoms with Crippen LogP contribution in [0.2, 0.25) is 0 Å². The lowest BCUT2D eigenvalue weighted by Gasteiger charge is -2.19. The molecule has 1 aromatic heterocycles. The van der Waals surface area contributed by atoms with Gasteiger partial charge in [0.15, 0.2) is 5.96 Å². The molecule has 0 amide bonds. The third-order valence-corrected chi connectivity index (χ3v) is 4.36. The predicted molar refractivity (Wildman–Crippen MR) is 91.2 cm³/mol. The summed E-state index contributed by atoms with van der Waals surface area (Å²) in [7, 11) is 1.88. The molecule has 0 unspecified atom stereocenters. The summed E-state index contributed by atoms with van der Waals surface area (Å²) in [6, 6.07) is 10.7. The second-order valence-electron chi connectivity index (χ2n) is 5.99. The Morgan fingerprint density at radius 1 is 1.26 bits per heavy atom. The van der Waals surface area contributed by atoms with Crippen molar-refractivity contribution >= 4 is 5.96 Å². The van der Waals surface area contributed by atoms with Gasteiger partial charge in [-0.15, -0.1) is 0 Å². The molecule has 0 atom stereocenters. The largest absolute Gasteiger partial charge is 0.357 e. The number of aromatic nitrogens is 3. The van der Waals surface area contributed by atoms with Crippen molar-refractivity contribution < 1.29 is 0 Å². The van der Waals surface area contributed by atoms with E-state index in [0.717, 1.165) is 24.9 Å². The molecule has 1 fully saturated rings. The summed E-state index contributed by atoms with van der Waals surface area (Å²) in [6.45, 7) is 4.33. The highest BCUT2D eigenvalue weighted by molar-refractivity contribution is 5.79. The molecule has 0 bridgehead atoms.